The SMILES string of the molecule is O=C(C=Cc1ccc(Br)cc1F)N1CCC(N2CCN(C(=O)c3ccc4[nH]nnc4c3)CC2)CC1. The minimum atomic E-state index is -0.363. The van der Waals surface area contributed by atoms with Crippen molar-refractivity contribution >= 4 is 44.9 Å². The van der Waals surface area contributed by atoms with Gasteiger partial charge in [0.25, 0.3) is 5.91 Å². The van der Waals surface area contributed by atoms with Gasteiger partial charge < -0.3 is 9.80 Å². The van der Waals surface area contributed by atoms with E-state index in [-0.39, 0.29) is 17.6 Å². The fourth-order valence-electron chi connectivity index (χ4n) is 4.80. The third-order valence-corrected chi connectivity index (χ3v) is 7.33. The molecule has 3 aromatic rings. The first kappa shape index (κ1) is 23.6. The van der Waals surface area contributed by atoms with Crippen LogP contribution in [0, 0.1) is 5.82 Å². The van der Waals surface area contributed by atoms with Crippen LogP contribution in [0.15, 0.2) is 46.9 Å². The Kier molecular flexibility index (Phi) is 6.92. The number of likely N-dealkylation sites (tertiary alicyclic amines) is 1. The van der Waals surface area contributed by atoms with Crippen molar-refractivity contribution in [1.29, 1.82) is 0 Å². The smallest absolute Gasteiger partial charge is 0.254 e. The van der Waals surface area contributed by atoms with Gasteiger partial charge in [-0.25, -0.2) is 4.39 Å². The van der Waals surface area contributed by atoms with Crippen LogP contribution >= 0.6 is 15.9 Å². The van der Waals surface area contributed by atoms with Crippen LogP contribution in [-0.4, -0.2) is 87.2 Å². The number of aromatic amines is 1. The van der Waals surface area contributed by atoms with Gasteiger partial charge in [-0.3, -0.25) is 19.6 Å². The maximum Gasteiger partial charge on any atom is 0.254 e. The molecule has 0 bridgehead atoms. The zero-order valence-electron chi connectivity index (χ0n) is 19.2. The van der Waals surface area contributed by atoms with Crippen molar-refractivity contribution in [3.63, 3.8) is 0 Å². The van der Waals surface area contributed by atoms with E-state index in [9.17, 15) is 14.0 Å². The lowest BCUT2D eigenvalue weighted by atomic mass is 10.0. The monoisotopic (exact) mass is 540 g/mol. The van der Waals surface area contributed by atoms with E-state index in [4.69, 9.17) is 0 Å². The van der Waals surface area contributed by atoms with E-state index in [1.54, 1.807) is 18.2 Å². The third-order valence-electron chi connectivity index (χ3n) is 6.83. The first-order valence-electron chi connectivity index (χ1n) is 11.7. The molecule has 5 rings (SSSR count). The molecule has 2 aromatic carbocycles. The van der Waals surface area contributed by atoms with Crippen molar-refractivity contribution in [1.82, 2.24) is 30.1 Å². The summed E-state index contributed by atoms with van der Waals surface area (Å²) in [7, 11) is 0. The molecule has 0 saturated carbocycles. The molecule has 1 aromatic heterocycles. The highest BCUT2D eigenvalue weighted by Gasteiger charge is 2.30. The highest BCUT2D eigenvalue weighted by atomic mass is 79.9. The Morgan fingerprint density at radius 1 is 1.00 bits per heavy atom. The summed E-state index contributed by atoms with van der Waals surface area (Å²) in [6.07, 6.45) is 4.77. The number of halogens is 2. The number of H-pyrrole nitrogens is 1. The van der Waals surface area contributed by atoms with Gasteiger partial charge in [-0.15, -0.1) is 5.10 Å². The lowest BCUT2D eigenvalue weighted by molar-refractivity contribution is -0.127. The zero-order chi connectivity index (χ0) is 24.4. The Balaban J connectivity index is 1.10. The summed E-state index contributed by atoms with van der Waals surface area (Å²) in [4.78, 5) is 31.7. The minimum absolute atomic E-state index is 0.0176. The number of amides is 2. The van der Waals surface area contributed by atoms with E-state index in [1.807, 2.05) is 21.9 Å². The number of nitrogens with one attached hydrogen (secondary N) is 1. The van der Waals surface area contributed by atoms with Crippen molar-refractivity contribution in [3.05, 3.63) is 63.9 Å². The Morgan fingerprint density at radius 2 is 1.77 bits per heavy atom. The molecule has 2 aliphatic heterocycles. The molecule has 10 heteroatoms. The third kappa shape index (κ3) is 5.28. The molecular formula is C25H26BrFN6O2. The van der Waals surface area contributed by atoms with Crippen molar-refractivity contribution in [2.75, 3.05) is 39.3 Å². The lowest BCUT2D eigenvalue weighted by Crippen LogP contribution is -2.54. The molecule has 2 saturated heterocycles. The van der Waals surface area contributed by atoms with Crippen LogP contribution in [0.1, 0.15) is 28.8 Å². The molecule has 0 unspecified atom stereocenters. The van der Waals surface area contributed by atoms with E-state index in [1.165, 1.54) is 18.2 Å². The van der Waals surface area contributed by atoms with Crippen molar-refractivity contribution < 1.29 is 14.0 Å². The van der Waals surface area contributed by atoms with Gasteiger partial charge in [0.15, 0.2) is 0 Å². The first-order chi connectivity index (χ1) is 17.0. The molecule has 2 aliphatic rings. The van der Waals surface area contributed by atoms with E-state index < -0.39 is 0 Å². The Morgan fingerprint density at radius 3 is 2.51 bits per heavy atom. The van der Waals surface area contributed by atoms with Crippen molar-refractivity contribution in [2.24, 2.45) is 0 Å². The average Bonchev–Trinajstić information content (AvgIpc) is 3.36. The van der Waals surface area contributed by atoms with Gasteiger partial charge in [-0.05, 0) is 49.2 Å². The number of piperidine rings is 1. The maximum absolute atomic E-state index is 14.0. The highest BCUT2D eigenvalue weighted by molar-refractivity contribution is 9.10. The number of benzene rings is 2. The van der Waals surface area contributed by atoms with E-state index in [0.717, 1.165) is 31.4 Å². The van der Waals surface area contributed by atoms with Gasteiger partial charge in [-0.2, -0.15) is 0 Å². The minimum Gasteiger partial charge on any atom is -0.339 e. The summed E-state index contributed by atoms with van der Waals surface area (Å²) < 4.78 is 14.6. The number of fused-ring (bicyclic) bond motifs is 1. The second kappa shape index (κ2) is 10.2. The molecule has 8 nitrogen and oxygen atoms in total. The second-order valence-corrected chi connectivity index (χ2v) is 9.84. The van der Waals surface area contributed by atoms with Crippen LogP contribution in [-0.2, 0) is 4.79 Å². The van der Waals surface area contributed by atoms with E-state index in [2.05, 4.69) is 36.2 Å². The molecule has 3 heterocycles. The van der Waals surface area contributed by atoms with Crippen molar-refractivity contribution in [2.45, 2.75) is 18.9 Å². The highest BCUT2D eigenvalue weighted by Crippen LogP contribution is 2.21. The van der Waals surface area contributed by atoms with Gasteiger partial charge in [0.2, 0.25) is 5.91 Å². The predicted molar refractivity (Wildman–Crippen MR) is 134 cm³/mol. The number of nitrogens with zero attached hydrogens (tertiary/aromatic N) is 5. The van der Waals surface area contributed by atoms with Gasteiger partial charge in [0, 0.05) is 67.0 Å². The number of carbonyl (C=O) groups is 2. The Bertz CT molecular complexity index is 1260. The van der Waals surface area contributed by atoms with Gasteiger partial charge in [0.1, 0.15) is 11.3 Å². The molecule has 2 amide bonds. The average molecular weight is 541 g/mol. The lowest BCUT2D eigenvalue weighted by Gasteiger charge is -2.42. The van der Waals surface area contributed by atoms with Crippen LogP contribution in [0.2, 0.25) is 0 Å². The number of carbonyl (C=O) groups excluding carboxylic acids is 2. The molecule has 0 spiro atoms. The number of aromatic nitrogens is 3. The first-order valence-corrected chi connectivity index (χ1v) is 12.5. The summed E-state index contributed by atoms with van der Waals surface area (Å²) in [6, 6.07) is 10.6. The van der Waals surface area contributed by atoms with E-state index in [0.29, 0.717) is 53.3 Å². The molecule has 2 fully saturated rings. The van der Waals surface area contributed by atoms with Crippen LogP contribution in [0.4, 0.5) is 4.39 Å². The number of rotatable bonds is 4. The molecule has 1 N–H and O–H groups in total. The summed E-state index contributed by atoms with van der Waals surface area (Å²) in [5.74, 6) is -0.437. The fourth-order valence-corrected chi connectivity index (χ4v) is 5.14. The largest absolute Gasteiger partial charge is 0.339 e. The van der Waals surface area contributed by atoms with Gasteiger partial charge in [0.05, 0.1) is 5.52 Å². The quantitative estimate of drug-likeness (QED) is 0.513. The Hall–Kier alpha value is -3.11. The molecule has 0 aliphatic carbocycles. The summed E-state index contributed by atoms with van der Waals surface area (Å²) in [5, 5.41) is 10.6. The molecule has 0 atom stereocenters. The van der Waals surface area contributed by atoms with Crippen LogP contribution in [0.5, 0.6) is 0 Å². The van der Waals surface area contributed by atoms with Gasteiger partial charge >= 0.3 is 0 Å². The zero-order valence-corrected chi connectivity index (χ0v) is 20.7. The second-order valence-electron chi connectivity index (χ2n) is 8.93. The van der Waals surface area contributed by atoms with Crippen molar-refractivity contribution in [3.8, 4) is 0 Å². The maximum atomic E-state index is 14.0. The summed E-state index contributed by atoms with van der Waals surface area (Å²) in [6.45, 7) is 4.34. The normalized spacial score (nSPS) is 18.0. The molecule has 182 valence electrons. The van der Waals surface area contributed by atoms with E-state index >= 15 is 0 Å². The number of hydrogen-bond donors (Lipinski definition) is 1. The Labute approximate surface area is 210 Å². The summed E-state index contributed by atoms with van der Waals surface area (Å²) in [5.41, 5.74) is 2.52. The number of hydrogen-bond acceptors (Lipinski definition) is 5. The predicted octanol–water partition coefficient (Wildman–Crippen LogP) is 3.32. The number of piperazine rings is 1. The fraction of sp³-hybridized carbons (Fsp3) is 0.360. The molecule has 35 heavy (non-hydrogen) atoms. The van der Waals surface area contributed by atoms with Gasteiger partial charge in [-0.1, -0.05) is 27.2 Å². The van der Waals surface area contributed by atoms with Crippen LogP contribution in [0.3, 0.4) is 0 Å². The standard InChI is InChI=1S/C25H26BrFN6O2/c26-19-4-1-17(21(27)16-19)3-6-24(34)32-9-7-20(8-10-32)31-11-13-33(14-12-31)25(35)18-2-5-22-23(15-18)29-30-28-22/h1-6,15-16,20H,7-14H2,(H,28,29,30). The van der Waals surface area contributed by atoms with Crippen LogP contribution < -0.4 is 0 Å². The van der Waals surface area contributed by atoms with Crippen LogP contribution in [0.25, 0.3) is 17.1 Å². The molecule has 0 radical (unpaired) electrons. The topological polar surface area (TPSA) is 85.4 Å². The molecular weight excluding hydrogens is 515 g/mol. The summed E-state index contributed by atoms with van der Waals surface area (Å²) >= 11 is 3.24.